The van der Waals surface area contributed by atoms with Crippen LogP contribution in [0.25, 0.3) is 0 Å². The van der Waals surface area contributed by atoms with E-state index in [1.165, 1.54) is 0 Å². The van der Waals surface area contributed by atoms with Gasteiger partial charge in [0.1, 0.15) is 0 Å². The molecule has 0 aromatic rings. The first-order chi connectivity index (χ1) is 4.38. The topological polar surface area (TPSA) is 20.2 Å². The Bertz CT molecular complexity index is 185. The molecule has 3 rings (SSSR count). The summed E-state index contributed by atoms with van der Waals surface area (Å²) in [6.45, 7) is 0. The van der Waals surface area contributed by atoms with Gasteiger partial charge in [-0.2, -0.15) is 0 Å². The molecule has 5 atom stereocenters. The molecule has 0 heterocycles. The average Bonchev–Trinajstić information content (AvgIpc) is 1.79. The monoisotopic (exact) mass is 122 g/mol. The Kier molecular flexibility index (Phi) is 0.552. The van der Waals surface area contributed by atoms with Gasteiger partial charge in [-0.05, 0) is 30.1 Å². The van der Waals surface area contributed by atoms with Gasteiger partial charge in [0.05, 0.1) is 6.10 Å². The summed E-state index contributed by atoms with van der Waals surface area (Å²) >= 11 is 0. The maximum atomic E-state index is 9.23. The zero-order chi connectivity index (χ0) is 6.01. The van der Waals surface area contributed by atoms with Crippen molar-refractivity contribution in [2.24, 2.45) is 23.7 Å². The van der Waals surface area contributed by atoms with E-state index in [-0.39, 0.29) is 6.10 Å². The Hall–Kier alpha value is -0.300. The maximum absolute atomic E-state index is 9.23. The molecule has 9 heavy (non-hydrogen) atoms. The highest BCUT2D eigenvalue weighted by Gasteiger charge is 2.61. The van der Waals surface area contributed by atoms with Crippen molar-refractivity contribution in [2.45, 2.75) is 12.5 Å². The zero-order valence-corrected chi connectivity index (χ0v) is 5.20. The summed E-state index contributed by atoms with van der Waals surface area (Å²) in [5, 5.41) is 9.23. The fourth-order valence-electron chi connectivity index (χ4n) is 2.67. The molecule has 2 saturated carbocycles. The normalized spacial score (nSPS) is 66.6. The number of rotatable bonds is 0. The van der Waals surface area contributed by atoms with Crippen molar-refractivity contribution in [1.82, 2.24) is 0 Å². The lowest BCUT2D eigenvalue weighted by molar-refractivity contribution is -0.167. The summed E-state index contributed by atoms with van der Waals surface area (Å²) in [4.78, 5) is 0. The average molecular weight is 122 g/mol. The summed E-state index contributed by atoms with van der Waals surface area (Å²) < 4.78 is 0. The van der Waals surface area contributed by atoms with Crippen LogP contribution in [-0.4, -0.2) is 11.2 Å². The lowest BCUT2D eigenvalue weighted by atomic mass is 9.42. The second kappa shape index (κ2) is 1.10. The number of hydrogen-bond donors (Lipinski definition) is 1. The summed E-state index contributed by atoms with van der Waals surface area (Å²) in [5.41, 5.74) is 0. The summed E-state index contributed by atoms with van der Waals surface area (Å²) in [6.07, 6.45) is 5.70. The molecule has 0 aromatic heterocycles. The molecule has 1 heteroatoms. The number of allylic oxidation sites excluding steroid dienone is 2. The third-order valence-corrected chi connectivity index (χ3v) is 3.39. The molecule has 0 spiro atoms. The number of aliphatic hydroxyl groups excluding tert-OH is 1. The molecule has 0 aromatic carbocycles. The van der Waals surface area contributed by atoms with E-state index in [1.54, 1.807) is 0 Å². The van der Waals surface area contributed by atoms with E-state index in [9.17, 15) is 5.11 Å². The largest absolute Gasteiger partial charge is 0.393 e. The predicted octanol–water partition coefficient (Wildman–Crippen LogP) is 0.799. The summed E-state index contributed by atoms with van der Waals surface area (Å²) in [6, 6.07) is 0. The molecule has 0 radical (unpaired) electrons. The zero-order valence-electron chi connectivity index (χ0n) is 5.20. The minimum Gasteiger partial charge on any atom is -0.393 e. The van der Waals surface area contributed by atoms with E-state index >= 15 is 0 Å². The van der Waals surface area contributed by atoms with Crippen molar-refractivity contribution < 1.29 is 5.11 Å². The second-order valence-electron chi connectivity index (χ2n) is 3.58. The molecule has 0 saturated heterocycles. The predicted molar refractivity (Wildman–Crippen MR) is 33.7 cm³/mol. The first kappa shape index (κ1) is 4.51. The van der Waals surface area contributed by atoms with Crippen molar-refractivity contribution in [2.75, 3.05) is 0 Å². The van der Waals surface area contributed by atoms with E-state index in [0.29, 0.717) is 5.92 Å². The van der Waals surface area contributed by atoms with E-state index in [0.717, 1.165) is 24.2 Å². The number of fused-ring (bicyclic) bond motifs is 4. The number of hydrogen-bond acceptors (Lipinski definition) is 1. The Morgan fingerprint density at radius 1 is 1.22 bits per heavy atom. The SMILES string of the molecule is O[C@H]1C[C@@H]2[C@@H]3C=C[C@@H]3[C@@H]21. The van der Waals surface area contributed by atoms with Crippen molar-refractivity contribution in [1.29, 1.82) is 0 Å². The molecule has 0 amide bonds. The fourth-order valence-corrected chi connectivity index (χ4v) is 2.67. The van der Waals surface area contributed by atoms with E-state index < -0.39 is 0 Å². The molecule has 3 aliphatic carbocycles. The van der Waals surface area contributed by atoms with E-state index in [1.807, 2.05) is 0 Å². The Balaban J connectivity index is 1.90. The molecule has 0 unspecified atom stereocenters. The molecule has 2 fully saturated rings. The van der Waals surface area contributed by atoms with Crippen LogP contribution in [-0.2, 0) is 0 Å². The Morgan fingerprint density at radius 2 is 2.00 bits per heavy atom. The Labute approximate surface area is 54.4 Å². The van der Waals surface area contributed by atoms with Crippen molar-refractivity contribution in [3.8, 4) is 0 Å². The lowest BCUT2D eigenvalue weighted by Gasteiger charge is -2.64. The van der Waals surface area contributed by atoms with Gasteiger partial charge in [-0.1, -0.05) is 12.2 Å². The van der Waals surface area contributed by atoms with Crippen LogP contribution < -0.4 is 0 Å². The molecule has 3 aliphatic rings. The van der Waals surface area contributed by atoms with Crippen LogP contribution in [0.4, 0.5) is 0 Å². The van der Waals surface area contributed by atoms with Gasteiger partial charge in [0.25, 0.3) is 0 Å². The summed E-state index contributed by atoms with van der Waals surface area (Å²) in [5.74, 6) is 3.24. The molecular formula is C8H10O. The third kappa shape index (κ3) is 0.304. The minimum absolute atomic E-state index is 0.0567. The summed E-state index contributed by atoms with van der Waals surface area (Å²) in [7, 11) is 0. The molecular weight excluding hydrogens is 112 g/mol. The molecule has 0 aliphatic heterocycles. The van der Waals surface area contributed by atoms with Crippen LogP contribution >= 0.6 is 0 Å². The lowest BCUT2D eigenvalue weighted by Crippen LogP contribution is -2.62. The first-order valence-electron chi connectivity index (χ1n) is 3.74. The van der Waals surface area contributed by atoms with Gasteiger partial charge < -0.3 is 5.11 Å². The van der Waals surface area contributed by atoms with Crippen LogP contribution in [0, 0.1) is 23.7 Å². The van der Waals surface area contributed by atoms with Gasteiger partial charge in [-0.15, -0.1) is 0 Å². The van der Waals surface area contributed by atoms with E-state index in [4.69, 9.17) is 0 Å². The highest BCUT2D eigenvalue weighted by molar-refractivity contribution is 5.26. The van der Waals surface area contributed by atoms with Gasteiger partial charge in [-0.25, -0.2) is 0 Å². The van der Waals surface area contributed by atoms with Gasteiger partial charge in [-0.3, -0.25) is 0 Å². The smallest absolute Gasteiger partial charge is 0.0580 e. The van der Waals surface area contributed by atoms with Gasteiger partial charge in [0, 0.05) is 0 Å². The minimum atomic E-state index is 0.0567. The van der Waals surface area contributed by atoms with Crippen molar-refractivity contribution in [3.63, 3.8) is 0 Å². The van der Waals surface area contributed by atoms with Crippen LogP contribution in [0.1, 0.15) is 6.42 Å². The third-order valence-electron chi connectivity index (χ3n) is 3.39. The maximum Gasteiger partial charge on any atom is 0.0580 e. The second-order valence-corrected chi connectivity index (χ2v) is 3.58. The fraction of sp³-hybridized carbons (Fsp3) is 0.750. The molecule has 0 bridgehead atoms. The highest BCUT2D eigenvalue weighted by atomic mass is 16.3. The standard InChI is InChI=1S/C8H10O/c9-7-3-6-4-1-2-5(4)8(6)7/h1-2,4-9H,3H2/t4-,5+,6-,7+,8+/m1/s1. The number of aliphatic hydroxyl groups is 1. The first-order valence-corrected chi connectivity index (χ1v) is 3.74. The van der Waals surface area contributed by atoms with Crippen molar-refractivity contribution in [3.05, 3.63) is 12.2 Å². The van der Waals surface area contributed by atoms with Gasteiger partial charge >= 0.3 is 0 Å². The Morgan fingerprint density at radius 3 is 2.33 bits per heavy atom. The van der Waals surface area contributed by atoms with Crippen molar-refractivity contribution >= 4 is 0 Å². The van der Waals surface area contributed by atoms with Gasteiger partial charge in [0.2, 0.25) is 0 Å². The van der Waals surface area contributed by atoms with Crippen LogP contribution in [0.3, 0.4) is 0 Å². The molecule has 48 valence electrons. The van der Waals surface area contributed by atoms with Crippen LogP contribution in [0.2, 0.25) is 0 Å². The molecule has 1 nitrogen and oxygen atoms in total. The quantitative estimate of drug-likeness (QED) is 0.471. The molecule has 1 N–H and O–H groups in total. The van der Waals surface area contributed by atoms with Crippen LogP contribution in [0.15, 0.2) is 12.2 Å². The van der Waals surface area contributed by atoms with Gasteiger partial charge in [0.15, 0.2) is 0 Å². The highest BCUT2D eigenvalue weighted by Crippen LogP contribution is 2.63. The van der Waals surface area contributed by atoms with E-state index in [2.05, 4.69) is 12.2 Å². The van der Waals surface area contributed by atoms with Crippen LogP contribution in [0.5, 0.6) is 0 Å².